The number of pyridine rings is 1. The number of nitrogens with zero attached hydrogens (tertiary/aromatic N) is 2. The summed E-state index contributed by atoms with van der Waals surface area (Å²) in [6.45, 7) is 4.24. The number of aromatic nitrogens is 1. The van der Waals surface area contributed by atoms with Crippen LogP contribution in [0.15, 0.2) is 18.3 Å². The van der Waals surface area contributed by atoms with E-state index < -0.39 is 0 Å². The average Bonchev–Trinajstić information content (AvgIpc) is 2.28. The summed E-state index contributed by atoms with van der Waals surface area (Å²) in [6, 6.07) is 3.53. The van der Waals surface area contributed by atoms with E-state index in [-0.39, 0.29) is 11.8 Å². The van der Waals surface area contributed by atoms with Gasteiger partial charge in [-0.2, -0.15) is 0 Å². The van der Waals surface area contributed by atoms with E-state index in [1.54, 1.807) is 30.3 Å². The standard InChI is InChI=1S/C12H17N3OS/c1-8(11(13)17)7-15(3)12(16)10-5-4-6-14-9(10)2/h4-6,8H,7H2,1-3H3,(H2,13,17). The van der Waals surface area contributed by atoms with E-state index in [4.69, 9.17) is 18.0 Å². The molecule has 2 N–H and O–H groups in total. The molecule has 0 saturated carbocycles. The van der Waals surface area contributed by atoms with Gasteiger partial charge in [-0.25, -0.2) is 0 Å². The number of aryl methyl sites for hydroxylation is 1. The third kappa shape index (κ3) is 3.49. The second-order valence-corrected chi connectivity index (χ2v) is 4.60. The van der Waals surface area contributed by atoms with Crippen LogP contribution in [0.4, 0.5) is 0 Å². The molecule has 0 aliphatic rings. The molecule has 5 heteroatoms. The Bertz CT molecular complexity index is 434. The Kier molecular flexibility index (Phi) is 4.57. The van der Waals surface area contributed by atoms with Gasteiger partial charge in [-0.05, 0) is 19.1 Å². The number of rotatable bonds is 4. The lowest BCUT2D eigenvalue weighted by Gasteiger charge is -2.21. The number of hydrogen-bond donors (Lipinski definition) is 1. The van der Waals surface area contributed by atoms with Gasteiger partial charge in [0.1, 0.15) is 0 Å². The lowest BCUT2D eigenvalue weighted by Crippen LogP contribution is -2.35. The molecule has 0 aliphatic heterocycles. The Morgan fingerprint density at radius 2 is 2.29 bits per heavy atom. The van der Waals surface area contributed by atoms with E-state index in [9.17, 15) is 4.79 Å². The van der Waals surface area contributed by atoms with Crippen LogP contribution in [0, 0.1) is 12.8 Å². The van der Waals surface area contributed by atoms with Gasteiger partial charge in [0.15, 0.2) is 0 Å². The van der Waals surface area contributed by atoms with Crippen molar-refractivity contribution in [2.24, 2.45) is 11.7 Å². The van der Waals surface area contributed by atoms with E-state index in [0.29, 0.717) is 17.1 Å². The van der Waals surface area contributed by atoms with Crippen molar-refractivity contribution in [1.29, 1.82) is 0 Å². The second-order valence-electron chi connectivity index (χ2n) is 4.13. The minimum absolute atomic E-state index is 0.0101. The molecule has 1 amide bonds. The molecule has 0 spiro atoms. The van der Waals surface area contributed by atoms with Crippen molar-refractivity contribution in [2.45, 2.75) is 13.8 Å². The third-order valence-electron chi connectivity index (χ3n) is 2.62. The largest absolute Gasteiger partial charge is 0.393 e. The molecule has 1 aromatic heterocycles. The monoisotopic (exact) mass is 251 g/mol. The Morgan fingerprint density at radius 3 is 2.82 bits per heavy atom. The van der Waals surface area contributed by atoms with Gasteiger partial charge >= 0.3 is 0 Å². The SMILES string of the molecule is Cc1ncccc1C(=O)N(C)CC(C)C(N)=S. The van der Waals surface area contributed by atoms with E-state index >= 15 is 0 Å². The van der Waals surface area contributed by atoms with Crippen LogP contribution in [-0.2, 0) is 0 Å². The Balaban J connectivity index is 2.77. The topological polar surface area (TPSA) is 59.2 Å². The number of nitrogens with two attached hydrogens (primary N) is 1. The molecule has 0 aliphatic carbocycles. The smallest absolute Gasteiger partial charge is 0.255 e. The Labute approximate surface area is 107 Å². The van der Waals surface area contributed by atoms with Gasteiger partial charge in [-0.1, -0.05) is 19.1 Å². The molecular formula is C12H17N3OS. The summed E-state index contributed by atoms with van der Waals surface area (Å²) in [6.07, 6.45) is 1.67. The third-order valence-corrected chi connectivity index (χ3v) is 3.02. The lowest BCUT2D eigenvalue weighted by atomic mass is 10.1. The van der Waals surface area contributed by atoms with E-state index in [1.165, 1.54) is 0 Å². The van der Waals surface area contributed by atoms with Gasteiger partial charge in [-0.15, -0.1) is 0 Å². The molecule has 1 rings (SSSR count). The van der Waals surface area contributed by atoms with Crippen LogP contribution in [0.2, 0.25) is 0 Å². The molecule has 0 fully saturated rings. The number of hydrogen-bond acceptors (Lipinski definition) is 3. The summed E-state index contributed by atoms with van der Waals surface area (Å²) in [7, 11) is 1.74. The van der Waals surface area contributed by atoms with Crippen molar-refractivity contribution < 1.29 is 4.79 Å². The fourth-order valence-corrected chi connectivity index (χ4v) is 1.57. The number of carbonyl (C=O) groups excluding carboxylic acids is 1. The molecule has 4 nitrogen and oxygen atoms in total. The highest BCUT2D eigenvalue weighted by Crippen LogP contribution is 2.09. The van der Waals surface area contributed by atoms with Gasteiger partial charge < -0.3 is 10.6 Å². The molecule has 17 heavy (non-hydrogen) atoms. The normalized spacial score (nSPS) is 11.9. The summed E-state index contributed by atoms with van der Waals surface area (Å²) in [4.78, 5) is 18.3. The van der Waals surface area contributed by atoms with Gasteiger partial charge in [0.25, 0.3) is 5.91 Å². The zero-order chi connectivity index (χ0) is 13.0. The quantitative estimate of drug-likeness (QED) is 0.821. The minimum atomic E-state index is -0.0568. The summed E-state index contributed by atoms with van der Waals surface area (Å²) >= 11 is 4.89. The Morgan fingerprint density at radius 1 is 1.65 bits per heavy atom. The second kappa shape index (κ2) is 5.72. The van der Waals surface area contributed by atoms with Crippen molar-refractivity contribution in [3.05, 3.63) is 29.6 Å². The van der Waals surface area contributed by atoms with Gasteiger partial charge in [0.05, 0.1) is 10.6 Å². The van der Waals surface area contributed by atoms with Crippen molar-refractivity contribution in [2.75, 3.05) is 13.6 Å². The van der Waals surface area contributed by atoms with E-state index in [0.717, 1.165) is 5.69 Å². The highest BCUT2D eigenvalue weighted by atomic mass is 32.1. The molecule has 1 heterocycles. The first-order chi connectivity index (χ1) is 7.93. The van der Waals surface area contributed by atoms with Crippen molar-refractivity contribution in [1.82, 2.24) is 9.88 Å². The van der Waals surface area contributed by atoms with Crippen LogP contribution in [0.3, 0.4) is 0 Å². The molecule has 0 radical (unpaired) electrons. The highest BCUT2D eigenvalue weighted by molar-refractivity contribution is 7.80. The first kappa shape index (κ1) is 13.6. The maximum atomic E-state index is 12.1. The maximum Gasteiger partial charge on any atom is 0.255 e. The molecule has 0 saturated heterocycles. The number of carbonyl (C=O) groups is 1. The minimum Gasteiger partial charge on any atom is -0.393 e. The summed E-state index contributed by atoms with van der Waals surface area (Å²) in [5.74, 6) is -0.0466. The van der Waals surface area contributed by atoms with Crippen LogP contribution in [0.1, 0.15) is 23.0 Å². The number of thiocarbonyl (C=S) groups is 1. The summed E-state index contributed by atoms with van der Waals surface area (Å²) in [5.41, 5.74) is 6.88. The van der Waals surface area contributed by atoms with Crippen LogP contribution in [0.25, 0.3) is 0 Å². The molecule has 1 aromatic rings. The summed E-state index contributed by atoms with van der Waals surface area (Å²) in [5, 5.41) is 0. The van der Waals surface area contributed by atoms with Crippen LogP contribution < -0.4 is 5.73 Å². The highest BCUT2D eigenvalue weighted by Gasteiger charge is 2.17. The predicted molar refractivity (Wildman–Crippen MR) is 71.9 cm³/mol. The van der Waals surface area contributed by atoms with E-state index in [1.807, 2.05) is 13.8 Å². The Hall–Kier alpha value is -1.49. The first-order valence-electron chi connectivity index (χ1n) is 5.40. The molecule has 0 bridgehead atoms. The van der Waals surface area contributed by atoms with Gasteiger partial charge in [0.2, 0.25) is 0 Å². The summed E-state index contributed by atoms with van der Waals surface area (Å²) < 4.78 is 0. The zero-order valence-corrected chi connectivity index (χ0v) is 11.1. The maximum absolute atomic E-state index is 12.1. The molecule has 92 valence electrons. The molecular weight excluding hydrogens is 234 g/mol. The molecule has 1 atom stereocenters. The lowest BCUT2D eigenvalue weighted by molar-refractivity contribution is 0.0786. The average molecular weight is 251 g/mol. The predicted octanol–water partition coefficient (Wildman–Crippen LogP) is 1.38. The van der Waals surface area contributed by atoms with Crippen molar-refractivity contribution >= 4 is 23.1 Å². The fraction of sp³-hybridized carbons (Fsp3) is 0.417. The van der Waals surface area contributed by atoms with Crippen molar-refractivity contribution in [3.8, 4) is 0 Å². The van der Waals surface area contributed by atoms with Crippen LogP contribution in [0.5, 0.6) is 0 Å². The van der Waals surface area contributed by atoms with Gasteiger partial charge in [0, 0.05) is 31.4 Å². The fourth-order valence-electron chi connectivity index (χ4n) is 1.50. The zero-order valence-electron chi connectivity index (χ0n) is 10.3. The van der Waals surface area contributed by atoms with Crippen LogP contribution >= 0.6 is 12.2 Å². The van der Waals surface area contributed by atoms with E-state index in [2.05, 4.69) is 4.98 Å². The van der Waals surface area contributed by atoms with Crippen molar-refractivity contribution in [3.63, 3.8) is 0 Å². The molecule has 0 aromatic carbocycles. The van der Waals surface area contributed by atoms with Crippen LogP contribution in [-0.4, -0.2) is 34.4 Å². The number of amides is 1. The van der Waals surface area contributed by atoms with Gasteiger partial charge in [-0.3, -0.25) is 9.78 Å². The first-order valence-corrected chi connectivity index (χ1v) is 5.80. The molecule has 1 unspecified atom stereocenters.